The lowest BCUT2D eigenvalue weighted by Gasteiger charge is -2.24. The molecule has 4 aromatic carbocycles. The molecule has 0 heterocycles. The number of amides is 1. The molecule has 0 fully saturated rings. The Morgan fingerprint density at radius 3 is 1.74 bits per heavy atom. The lowest BCUT2D eigenvalue weighted by molar-refractivity contribution is 0.0734. The van der Waals surface area contributed by atoms with Crippen molar-refractivity contribution in [2.24, 2.45) is 0 Å². The first-order valence-electron chi connectivity index (χ1n) is 11.5. The first kappa shape index (κ1) is 27.4. The van der Waals surface area contributed by atoms with Crippen molar-refractivity contribution in [2.45, 2.75) is 25.7 Å². The summed E-state index contributed by atoms with van der Waals surface area (Å²) in [5, 5.41) is 0.893. The van der Waals surface area contributed by atoms with Gasteiger partial charge in [0.15, 0.2) is 0 Å². The molecule has 1 amide bonds. The fraction of sp³-hybridized carbons (Fsp3) is 0.103. The van der Waals surface area contributed by atoms with Crippen molar-refractivity contribution in [1.82, 2.24) is 0 Å². The highest BCUT2D eigenvalue weighted by molar-refractivity contribution is 7.93. The molecule has 9 heteroatoms. The van der Waals surface area contributed by atoms with Crippen molar-refractivity contribution in [3.63, 3.8) is 0 Å². The van der Waals surface area contributed by atoms with E-state index < -0.39 is 21.9 Å². The number of halogens is 2. The average molecular weight is 568 g/mol. The highest BCUT2D eigenvalue weighted by Crippen LogP contribution is 2.31. The predicted molar refractivity (Wildman–Crippen MR) is 149 cm³/mol. The zero-order chi connectivity index (χ0) is 27.6. The smallest absolute Gasteiger partial charge is 0.343 e. The number of rotatable bonds is 6. The van der Waals surface area contributed by atoms with Gasteiger partial charge < -0.3 is 4.74 Å². The summed E-state index contributed by atoms with van der Waals surface area (Å²) in [6, 6.07) is 21.2. The van der Waals surface area contributed by atoms with Crippen molar-refractivity contribution < 1.29 is 22.7 Å². The first-order valence-corrected chi connectivity index (χ1v) is 13.7. The molecule has 0 aliphatic heterocycles. The van der Waals surface area contributed by atoms with Gasteiger partial charge in [-0.15, -0.1) is 0 Å². The van der Waals surface area contributed by atoms with E-state index in [-0.39, 0.29) is 21.9 Å². The van der Waals surface area contributed by atoms with Crippen LogP contribution in [0.5, 0.6) is 5.75 Å². The fourth-order valence-corrected chi connectivity index (χ4v) is 5.75. The molecule has 4 rings (SSSR count). The predicted octanol–water partition coefficient (Wildman–Crippen LogP) is 7.17. The number of benzene rings is 4. The van der Waals surface area contributed by atoms with Crippen molar-refractivity contribution in [1.29, 1.82) is 0 Å². The summed E-state index contributed by atoms with van der Waals surface area (Å²) in [4.78, 5) is 26.1. The topological polar surface area (TPSA) is 80.8 Å². The Morgan fingerprint density at radius 1 is 0.684 bits per heavy atom. The van der Waals surface area contributed by atoms with E-state index >= 15 is 0 Å². The molecule has 0 N–H and O–H groups in total. The van der Waals surface area contributed by atoms with Crippen LogP contribution in [0.15, 0.2) is 89.8 Å². The van der Waals surface area contributed by atoms with Crippen LogP contribution in [0.3, 0.4) is 0 Å². The molecule has 0 atom stereocenters. The molecule has 0 radical (unpaired) electrons. The number of hydrogen-bond acceptors (Lipinski definition) is 5. The van der Waals surface area contributed by atoms with E-state index in [0.717, 1.165) is 15.4 Å². The third-order valence-electron chi connectivity index (χ3n) is 5.95. The molecular weight excluding hydrogens is 545 g/mol. The van der Waals surface area contributed by atoms with Crippen molar-refractivity contribution in [3.05, 3.63) is 123 Å². The van der Waals surface area contributed by atoms with Crippen LogP contribution in [0, 0.1) is 20.8 Å². The Hall–Kier alpha value is -3.65. The Morgan fingerprint density at radius 2 is 1.18 bits per heavy atom. The molecule has 0 saturated heterocycles. The quantitative estimate of drug-likeness (QED) is 0.182. The number of carbonyl (C=O) groups excluding carboxylic acids is 2. The van der Waals surface area contributed by atoms with E-state index in [4.69, 9.17) is 27.9 Å². The van der Waals surface area contributed by atoms with Gasteiger partial charge in [0.1, 0.15) is 5.75 Å². The van der Waals surface area contributed by atoms with E-state index in [0.29, 0.717) is 21.2 Å². The molecule has 0 aromatic heterocycles. The van der Waals surface area contributed by atoms with Crippen LogP contribution in [-0.4, -0.2) is 20.3 Å². The first-order chi connectivity index (χ1) is 18.0. The molecule has 0 unspecified atom stereocenters. The lowest BCUT2D eigenvalue weighted by Crippen LogP contribution is -2.37. The number of hydrogen-bond donors (Lipinski definition) is 0. The summed E-state index contributed by atoms with van der Waals surface area (Å²) in [7, 11) is -4.33. The standard InChI is InChI=1S/C29H23Cl2NO5S/c1-18-16-20(3)27(17-19(18)2)38(35,36)32(28(33)21-4-8-23(30)9-5-21)25-12-14-26(15-13-25)37-29(34)22-6-10-24(31)11-7-22/h4-17H,1-3H3. The van der Waals surface area contributed by atoms with Gasteiger partial charge in [-0.3, -0.25) is 4.79 Å². The number of carbonyl (C=O) groups is 2. The van der Waals surface area contributed by atoms with Crippen LogP contribution in [0.4, 0.5) is 5.69 Å². The SMILES string of the molecule is Cc1cc(C)c(S(=O)(=O)N(C(=O)c2ccc(Cl)cc2)c2ccc(OC(=O)c3ccc(Cl)cc3)cc2)cc1C. The van der Waals surface area contributed by atoms with Gasteiger partial charge in [0, 0.05) is 15.6 Å². The monoisotopic (exact) mass is 567 g/mol. The zero-order valence-electron chi connectivity index (χ0n) is 20.7. The normalized spacial score (nSPS) is 11.2. The zero-order valence-corrected chi connectivity index (χ0v) is 23.1. The number of esters is 1. The van der Waals surface area contributed by atoms with E-state index in [2.05, 4.69) is 0 Å². The van der Waals surface area contributed by atoms with Crippen LogP contribution in [-0.2, 0) is 10.0 Å². The van der Waals surface area contributed by atoms with Gasteiger partial charge >= 0.3 is 5.97 Å². The van der Waals surface area contributed by atoms with Crippen LogP contribution in [0.1, 0.15) is 37.4 Å². The molecule has 38 heavy (non-hydrogen) atoms. The van der Waals surface area contributed by atoms with Crippen molar-refractivity contribution >= 4 is 50.8 Å². The average Bonchev–Trinajstić information content (AvgIpc) is 2.88. The van der Waals surface area contributed by atoms with Gasteiger partial charge in [0.05, 0.1) is 16.1 Å². The fourth-order valence-electron chi connectivity index (χ4n) is 3.79. The Balaban J connectivity index is 1.74. The minimum absolute atomic E-state index is 0.0150. The number of nitrogens with zero attached hydrogens (tertiary/aromatic N) is 1. The second-order valence-corrected chi connectivity index (χ2v) is 11.3. The van der Waals surface area contributed by atoms with Gasteiger partial charge in [-0.25, -0.2) is 13.2 Å². The van der Waals surface area contributed by atoms with Gasteiger partial charge in [-0.05, 0) is 116 Å². The summed E-state index contributed by atoms with van der Waals surface area (Å²) in [6.45, 7) is 5.38. The van der Waals surface area contributed by atoms with Gasteiger partial charge in [-0.1, -0.05) is 29.3 Å². The second kappa shape index (κ2) is 11.0. The van der Waals surface area contributed by atoms with Crippen LogP contribution < -0.4 is 9.04 Å². The third kappa shape index (κ3) is 5.75. The maximum atomic E-state index is 14.0. The Labute approximate surface area is 231 Å². The maximum Gasteiger partial charge on any atom is 0.343 e. The molecule has 6 nitrogen and oxygen atoms in total. The van der Waals surface area contributed by atoms with Crippen LogP contribution >= 0.6 is 23.2 Å². The molecular formula is C29H23Cl2NO5S. The number of sulfonamides is 1. The number of ether oxygens (including phenoxy) is 1. The molecule has 0 aliphatic rings. The van der Waals surface area contributed by atoms with Crippen molar-refractivity contribution in [3.8, 4) is 5.75 Å². The molecule has 0 saturated carbocycles. The van der Waals surface area contributed by atoms with Crippen LogP contribution in [0.25, 0.3) is 0 Å². The molecule has 0 spiro atoms. The summed E-state index contributed by atoms with van der Waals surface area (Å²) in [6.07, 6.45) is 0. The highest BCUT2D eigenvalue weighted by atomic mass is 35.5. The molecule has 0 aliphatic carbocycles. The van der Waals surface area contributed by atoms with Gasteiger partial charge in [0.25, 0.3) is 15.9 Å². The summed E-state index contributed by atoms with van der Waals surface area (Å²) in [5.41, 5.74) is 2.73. The van der Waals surface area contributed by atoms with E-state index in [1.54, 1.807) is 31.2 Å². The Kier molecular flexibility index (Phi) is 7.92. The van der Waals surface area contributed by atoms with E-state index in [1.165, 1.54) is 60.7 Å². The van der Waals surface area contributed by atoms with Gasteiger partial charge in [-0.2, -0.15) is 4.31 Å². The summed E-state index contributed by atoms with van der Waals surface area (Å²) >= 11 is 11.8. The maximum absolute atomic E-state index is 14.0. The van der Waals surface area contributed by atoms with Crippen LogP contribution in [0.2, 0.25) is 10.0 Å². The lowest BCUT2D eigenvalue weighted by atomic mass is 10.1. The minimum Gasteiger partial charge on any atom is -0.423 e. The van der Waals surface area contributed by atoms with E-state index in [9.17, 15) is 18.0 Å². The van der Waals surface area contributed by atoms with E-state index in [1.807, 2.05) is 13.8 Å². The molecule has 0 bridgehead atoms. The Bertz CT molecular complexity index is 1620. The third-order valence-corrected chi connectivity index (χ3v) is 8.30. The number of aryl methyl sites for hydroxylation is 3. The highest BCUT2D eigenvalue weighted by Gasteiger charge is 2.33. The summed E-state index contributed by atoms with van der Waals surface area (Å²) < 4.78 is 34.1. The second-order valence-electron chi connectivity index (χ2n) is 8.67. The molecule has 4 aromatic rings. The van der Waals surface area contributed by atoms with Crippen molar-refractivity contribution in [2.75, 3.05) is 4.31 Å². The minimum atomic E-state index is -4.33. The largest absolute Gasteiger partial charge is 0.423 e. The molecule has 194 valence electrons. The van der Waals surface area contributed by atoms with Gasteiger partial charge in [0.2, 0.25) is 0 Å². The summed E-state index contributed by atoms with van der Waals surface area (Å²) in [5.74, 6) is -1.19. The number of anilines is 1.